The van der Waals surface area contributed by atoms with Crippen LogP contribution in [0.5, 0.6) is 0 Å². The van der Waals surface area contributed by atoms with Crippen LogP contribution in [0.3, 0.4) is 0 Å². The Morgan fingerprint density at radius 2 is 1.88 bits per heavy atom. The van der Waals surface area contributed by atoms with E-state index in [1.54, 1.807) is 18.2 Å². The Morgan fingerprint density at radius 3 is 2.58 bits per heavy atom. The monoisotopic (exact) mass is 459 g/mol. The number of rotatable bonds is 3. The van der Waals surface area contributed by atoms with Crippen molar-refractivity contribution in [3.05, 3.63) is 59.9 Å². The van der Waals surface area contributed by atoms with Gasteiger partial charge in [-0.3, -0.25) is 14.8 Å². The summed E-state index contributed by atoms with van der Waals surface area (Å²) in [6.07, 6.45) is -2.11. The summed E-state index contributed by atoms with van der Waals surface area (Å²) in [4.78, 5) is 28.0. The fourth-order valence-electron chi connectivity index (χ4n) is 4.75. The van der Waals surface area contributed by atoms with Crippen LogP contribution in [0.1, 0.15) is 30.7 Å². The van der Waals surface area contributed by atoms with E-state index < -0.39 is 18.1 Å². The fraction of sp³-hybridized carbons (Fsp3) is 0.391. The number of likely N-dealkylation sites (tertiary alicyclic amines) is 1. The van der Waals surface area contributed by atoms with Gasteiger partial charge >= 0.3 is 6.18 Å². The number of aromatic nitrogens is 3. The molecular weight excluding hydrogens is 438 g/mol. The molecule has 0 bridgehead atoms. The number of pyridine rings is 1. The van der Waals surface area contributed by atoms with E-state index >= 15 is 0 Å². The molecule has 1 aromatic carbocycles. The average molecular weight is 459 g/mol. The molecular formula is C23H21F4N5O. The second-order valence-corrected chi connectivity index (χ2v) is 8.67. The standard InChI is InChI=1S/C23H21F4N5O/c1-14(33)31-9-6-22(13-31,23(25,26)27)21-20(28-7-8-29-21)16-11-32(12-16)19-5-2-15-10-17(24)3-4-18(15)30-19/h2-5,7-8,10,16H,6,9,11-13H2,1H3/t22-/m0/s1. The lowest BCUT2D eigenvalue weighted by atomic mass is 9.78. The minimum atomic E-state index is -4.57. The largest absolute Gasteiger partial charge is 0.401 e. The Hall–Kier alpha value is -3.30. The first kappa shape index (κ1) is 21.5. The summed E-state index contributed by atoms with van der Waals surface area (Å²) < 4.78 is 56.5. The molecule has 0 unspecified atom stereocenters. The van der Waals surface area contributed by atoms with E-state index in [-0.39, 0.29) is 36.3 Å². The number of anilines is 1. The lowest BCUT2D eigenvalue weighted by Crippen LogP contribution is -2.50. The van der Waals surface area contributed by atoms with Crippen molar-refractivity contribution in [3.8, 4) is 0 Å². The first-order chi connectivity index (χ1) is 15.7. The molecule has 2 aliphatic rings. The van der Waals surface area contributed by atoms with E-state index in [0.29, 0.717) is 35.5 Å². The fourth-order valence-corrected chi connectivity index (χ4v) is 4.75. The maximum atomic E-state index is 14.4. The Labute approximate surface area is 187 Å². The van der Waals surface area contributed by atoms with Gasteiger partial charge in [0, 0.05) is 56.8 Å². The number of carbonyl (C=O) groups excluding carboxylic acids is 1. The van der Waals surface area contributed by atoms with Gasteiger partial charge in [-0.05, 0) is 36.8 Å². The Kier molecular flexibility index (Phi) is 4.98. The molecule has 2 fully saturated rings. The summed E-state index contributed by atoms with van der Waals surface area (Å²) in [5, 5.41) is 0.676. The summed E-state index contributed by atoms with van der Waals surface area (Å²) in [6.45, 7) is 1.74. The number of halogens is 4. The number of nitrogens with zero attached hydrogens (tertiary/aromatic N) is 5. The molecule has 3 aromatic rings. The summed E-state index contributed by atoms with van der Waals surface area (Å²) in [5.41, 5.74) is -1.36. The van der Waals surface area contributed by atoms with E-state index in [0.717, 1.165) is 0 Å². The summed E-state index contributed by atoms with van der Waals surface area (Å²) in [6, 6.07) is 7.88. The molecule has 0 N–H and O–H groups in total. The van der Waals surface area contributed by atoms with Gasteiger partial charge in [-0.2, -0.15) is 13.2 Å². The highest BCUT2D eigenvalue weighted by Crippen LogP contribution is 2.49. The van der Waals surface area contributed by atoms with Crippen LogP contribution < -0.4 is 4.90 Å². The van der Waals surface area contributed by atoms with Crippen LogP contribution >= 0.6 is 0 Å². The molecule has 2 aromatic heterocycles. The number of hydrogen-bond donors (Lipinski definition) is 0. The number of hydrogen-bond acceptors (Lipinski definition) is 5. The first-order valence-electron chi connectivity index (χ1n) is 10.6. The SMILES string of the molecule is CC(=O)N1CC[C@](c2nccnc2C2CN(c3ccc4cc(F)ccc4n3)C2)(C(F)(F)F)C1. The van der Waals surface area contributed by atoms with Crippen molar-refractivity contribution >= 4 is 22.6 Å². The zero-order valence-corrected chi connectivity index (χ0v) is 17.8. The van der Waals surface area contributed by atoms with E-state index in [4.69, 9.17) is 0 Å². The quantitative estimate of drug-likeness (QED) is 0.558. The van der Waals surface area contributed by atoms with Gasteiger partial charge in [0.25, 0.3) is 0 Å². The van der Waals surface area contributed by atoms with Crippen LogP contribution in [0.4, 0.5) is 23.4 Å². The van der Waals surface area contributed by atoms with Gasteiger partial charge < -0.3 is 9.80 Å². The average Bonchev–Trinajstić information content (AvgIpc) is 3.20. The van der Waals surface area contributed by atoms with Gasteiger partial charge in [0.2, 0.25) is 5.91 Å². The van der Waals surface area contributed by atoms with Crippen molar-refractivity contribution in [2.75, 3.05) is 31.1 Å². The summed E-state index contributed by atoms with van der Waals surface area (Å²) >= 11 is 0. The van der Waals surface area contributed by atoms with Gasteiger partial charge in [0.05, 0.1) is 16.9 Å². The molecule has 33 heavy (non-hydrogen) atoms. The molecule has 0 saturated carbocycles. The summed E-state index contributed by atoms with van der Waals surface area (Å²) in [7, 11) is 0. The van der Waals surface area contributed by atoms with Crippen LogP contribution in [0, 0.1) is 5.82 Å². The number of alkyl halides is 3. The molecule has 0 aliphatic carbocycles. The second kappa shape index (κ2) is 7.64. The van der Waals surface area contributed by atoms with Crippen molar-refractivity contribution in [2.24, 2.45) is 0 Å². The predicted octanol–water partition coefficient (Wildman–Crippen LogP) is 3.82. The Balaban J connectivity index is 1.42. The highest BCUT2D eigenvalue weighted by Gasteiger charge is 2.62. The van der Waals surface area contributed by atoms with Crippen LogP contribution in [-0.4, -0.2) is 58.1 Å². The number of benzene rings is 1. The van der Waals surface area contributed by atoms with Gasteiger partial charge in [0.15, 0.2) is 0 Å². The Bertz CT molecular complexity index is 1230. The smallest absolute Gasteiger partial charge is 0.355 e. The van der Waals surface area contributed by atoms with E-state index in [2.05, 4.69) is 15.0 Å². The molecule has 1 amide bonds. The van der Waals surface area contributed by atoms with Crippen molar-refractivity contribution in [3.63, 3.8) is 0 Å². The minimum Gasteiger partial charge on any atom is -0.355 e. The molecule has 0 spiro atoms. The van der Waals surface area contributed by atoms with Crippen molar-refractivity contribution in [1.29, 1.82) is 0 Å². The highest BCUT2D eigenvalue weighted by molar-refractivity contribution is 5.80. The normalized spacial score (nSPS) is 21.5. The number of fused-ring (bicyclic) bond motifs is 1. The summed E-state index contributed by atoms with van der Waals surface area (Å²) in [5.74, 6) is -0.302. The number of amides is 1. The van der Waals surface area contributed by atoms with E-state index in [9.17, 15) is 22.4 Å². The molecule has 1 atom stereocenters. The molecule has 4 heterocycles. The first-order valence-corrected chi connectivity index (χ1v) is 10.6. The van der Waals surface area contributed by atoms with Crippen LogP contribution in [-0.2, 0) is 10.2 Å². The lowest BCUT2D eigenvalue weighted by molar-refractivity contribution is -0.188. The van der Waals surface area contributed by atoms with E-state index in [1.807, 2.05) is 4.90 Å². The highest BCUT2D eigenvalue weighted by atomic mass is 19.4. The van der Waals surface area contributed by atoms with Gasteiger partial charge in [-0.15, -0.1) is 0 Å². The second-order valence-electron chi connectivity index (χ2n) is 8.67. The zero-order chi connectivity index (χ0) is 23.4. The molecule has 2 saturated heterocycles. The van der Waals surface area contributed by atoms with Gasteiger partial charge in [0.1, 0.15) is 17.1 Å². The molecule has 6 nitrogen and oxygen atoms in total. The van der Waals surface area contributed by atoms with Gasteiger partial charge in [-0.1, -0.05) is 0 Å². The maximum Gasteiger partial charge on any atom is 0.401 e. The zero-order valence-electron chi connectivity index (χ0n) is 17.8. The predicted molar refractivity (Wildman–Crippen MR) is 113 cm³/mol. The lowest BCUT2D eigenvalue weighted by Gasteiger charge is -2.42. The maximum absolute atomic E-state index is 14.4. The van der Waals surface area contributed by atoms with Crippen LogP contribution in [0.15, 0.2) is 42.7 Å². The van der Waals surface area contributed by atoms with Crippen molar-refractivity contribution in [1.82, 2.24) is 19.9 Å². The molecule has 2 aliphatic heterocycles. The molecule has 172 valence electrons. The minimum absolute atomic E-state index is 0.0310. The third kappa shape index (κ3) is 3.57. The molecule has 10 heteroatoms. The Morgan fingerprint density at radius 1 is 1.12 bits per heavy atom. The van der Waals surface area contributed by atoms with Crippen LogP contribution in [0.25, 0.3) is 10.9 Å². The van der Waals surface area contributed by atoms with Crippen molar-refractivity contribution < 1.29 is 22.4 Å². The third-order valence-corrected chi connectivity index (χ3v) is 6.67. The topological polar surface area (TPSA) is 62.2 Å². The third-order valence-electron chi connectivity index (χ3n) is 6.67. The van der Waals surface area contributed by atoms with Crippen LogP contribution in [0.2, 0.25) is 0 Å². The van der Waals surface area contributed by atoms with E-state index in [1.165, 1.54) is 36.4 Å². The molecule has 0 radical (unpaired) electrons. The molecule has 5 rings (SSSR count). The van der Waals surface area contributed by atoms with Crippen molar-refractivity contribution in [2.45, 2.75) is 30.9 Å². The number of carbonyl (C=O) groups is 1. The van der Waals surface area contributed by atoms with Gasteiger partial charge in [-0.25, -0.2) is 9.37 Å².